The lowest BCUT2D eigenvalue weighted by Gasteiger charge is -2.44. The summed E-state index contributed by atoms with van der Waals surface area (Å²) in [5.41, 5.74) is 3.97. The second kappa shape index (κ2) is 14.6. The molecule has 0 fully saturated rings. The van der Waals surface area contributed by atoms with E-state index < -0.39 is 0 Å². The molecule has 4 nitrogen and oxygen atoms in total. The van der Waals surface area contributed by atoms with Gasteiger partial charge in [-0.2, -0.15) is 0 Å². The average Bonchev–Trinajstić information content (AvgIpc) is 2.70. The van der Waals surface area contributed by atoms with E-state index >= 15 is 0 Å². The van der Waals surface area contributed by atoms with E-state index in [4.69, 9.17) is 10.1 Å². The Labute approximate surface area is 173 Å². The molecule has 0 saturated heterocycles. The first-order chi connectivity index (χ1) is 13.6. The van der Waals surface area contributed by atoms with E-state index in [1.54, 1.807) is 7.11 Å². The normalized spacial score (nSPS) is 16.1. The SMILES string of the molecule is CCCCCCC1=CC(CCCCCC)=C(COC)[N-]/C1=C(\[O-])N(CC)CC. The maximum Gasteiger partial charge on any atom is 0.0514 e. The van der Waals surface area contributed by atoms with Crippen LogP contribution in [0.5, 0.6) is 0 Å². The molecule has 0 aromatic rings. The molecule has 1 aliphatic rings. The summed E-state index contributed by atoms with van der Waals surface area (Å²) in [7, 11) is 1.70. The zero-order chi connectivity index (χ0) is 20.8. The molecule has 0 aromatic carbocycles. The van der Waals surface area contributed by atoms with Crippen molar-refractivity contribution >= 4 is 0 Å². The molecule has 0 unspecified atom stereocenters. The van der Waals surface area contributed by atoms with Crippen molar-refractivity contribution in [2.75, 3.05) is 26.8 Å². The van der Waals surface area contributed by atoms with Crippen molar-refractivity contribution < 1.29 is 9.84 Å². The monoisotopic (exact) mass is 390 g/mol. The molecule has 0 aliphatic carbocycles. The zero-order valence-corrected chi connectivity index (χ0v) is 19.0. The van der Waals surface area contributed by atoms with Gasteiger partial charge in [0.1, 0.15) is 0 Å². The van der Waals surface area contributed by atoms with Gasteiger partial charge in [-0.05, 0) is 39.5 Å². The molecule has 0 radical (unpaired) electrons. The minimum atomic E-state index is 0.0605. The van der Waals surface area contributed by atoms with Crippen LogP contribution in [0.1, 0.15) is 91.9 Å². The van der Waals surface area contributed by atoms with Crippen LogP contribution in [0.2, 0.25) is 0 Å². The summed E-state index contributed by atoms with van der Waals surface area (Å²) in [5.74, 6) is 0.0605. The second-order valence-electron chi connectivity index (χ2n) is 7.63. The van der Waals surface area contributed by atoms with Crippen LogP contribution in [0.4, 0.5) is 0 Å². The lowest BCUT2D eigenvalue weighted by molar-refractivity contribution is -0.333. The third kappa shape index (κ3) is 7.90. The van der Waals surface area contributed by atoms with Crippen LogP contribution in [0.15, 0.2) is 34.5 Å². The molecular weight excluding hydrogens is 348 g/mol. The Kier molecular flexibility index (Phi) is 12.8. The molecule has 0 aromatic heterocycles. The highest BCUT2D eigenvalue weighted by Gasteiger charge is 2.11. The standard InChI is InChI=1S/C24H43N2O2/c1-6-10-12-14-16-20-18-21(17-15-13-11-7-2)23(25-22(20)19-28-5)24(27)26(8-3)9-4/h18,27H,6-17,19H2,1-5H3/q-1/p-1/b24-23-. The lowest BCUT2D eigenvalue weighted by atomic mass is 9.93. The number of rotatable bonds is 15. The van der Waals surface area contributed by atoms with Gasteiger partial charge in [-0.15, -0.1) is 11.4 Å². The molecule has 4 heteroatoms. The van der Waals surface area contributed by atoms with Crippen molar-refractivity contribution in [2.45, 2.75) is 91.9 Å². The highest BCUT2D eigenvalue weighted by molar-refractivity contribution is 5.56. The molecule has 0 bridgehead atoms. The molecule has 0 spiro atoms. The second-order valence-corrected chi connectivity index (χ2v) is 7.63. The minimum Gasteiger partial charge on any atom is -0.861 e. The van der Waals surface area contributed by atoms with Gasteiger partial charge in [-0.3, -0.25) is 0 Å². The summed E-state index contributed by atoms with van der Waals surface area (Å²) in [6.45, 7) is 10.4. The highest BCUT2D eigenvalue weighted by atomic mass is 16.5. The van der Waals surface area contributed by atoms with E-state index in [1.807, 2.05) is 18.7 Å². The molecule has 28 heavy (non-hydrogen) atoms. The first-order valence-electron chi connectivity index (χ1n) is 11.4. The van der Waals surface area contributed by atoms with Gasteiger partial charge >= 0.3 is 0 Å². The van der Waals surface area contributed by atoms with Gasteiger partial charge in [0.25, 0.3) is 0 Å². The largest absolute Gasteiger partial charge is 0.861 e. The first-order valence-corrected chi connectivity index (χ1v) is 11.4. The summed E-state index contributed by atoms with van der Waals surface area (Å²) < 4.78 is 5.41. The van der Waals surface area contributed by atoms with Gasteiger partial charge in [-0.1, -0.05) is 75.5 Å². The predicted molar refractivity (Wildman–Crippen MR) is 118 cm³/mol. The summed E-state index contributed by atoms with van der Waals surface area (Å²) in [4.78, 5) is 1.87. The van der Waals surface area contributed by atoms with Crippen molar-refractivity contribution in [1.29, 1.82) is 0 Å². The van der Waals surface area contributed by atoms with Crippen LogP contribution >= 0.6 is 0 Å². The molecule has 162 valence electrons. The third-order valence-electron chi connectivity index (χ3n) is 5.40. The summed E-state index contributed by atoms with van der Waals surface area (Å²) >= 11 is 0. The Balaban J connectivity index is 3.11. The van der Waals surface area contributed by atoms with Crippen molar-refractivity contribution in [3.05, 3.63) is 39.8 Å². The molecule has 1 rings (SSSR count). The van der Waals surface area contributed by atoms with E-state index in [0.29, 0.717) is 25.4 Å². The Bertz CT molecular complexity index is 531. The quantitative estimate of drug-likeness (QED) is 0.254. The molecule has 0 N–H and O–H groups in total. The molecule has 1 heterocycles. The molecule has 1 aliphatic heterocycles. The Morgan fingerprint density at radius 1 is 0.929 bits per heavy atom. The molecule has 0 atom stereocenters. The Morgan fingerprint density at radius 3 is 2.07 bits per heavy atom. The van der Waals surface area contributed by atoms with E-state index in [0.717, 1.165) is 30.5 Å². The van der Waals surface area contributed by atoms with Crippen LogP contribution in [-0.2, 0) is 4.74 Å². The van der Waals surface area contributed by atoms with Gasteiger partial charge in [0.15, 0.2) is 0 Å². The number of methoxy groups -OCH3 is 1. The first kappa shape index (κ1) is 24.6. The topological polar surface area (TPSA) is 49.6 Å². The maximum absolute atomic E-state index is 13.1. The van der Waals surface area contributed by atoms with Gasteiger partial charge in [0, 0.05) is 20.2 Å². The maximum atomic E-state index is 13.1. The van der Waals surface area contributed by atoms with E-state index in [-0.39, 0.29) is 5.88 Å². The van der Waals surface area contributed by atoms with Crippen molar-refractivity contribution in [2.24, 2.45) is 0 Å². The van der Waals surface area contributed by atoms with Gasteiger partial charge in [0.05, 0.1) is 6.61 Å². The lowest BCUT2D eigenvalue weighted by Crippen LogP contribution is -2.32. The number of ether oxygens (including phenoxy) is 1. The van der Waals surface area contributed by atoms with Crippen LogP contribution < -0.4 is 5.11 Å². The Morgan fingerprint density at radius 2 is 1.54 bits per heavy atom. The van der Waals surface area contributed by atoms with Gasteiger partial charge in [0.2, 0.25) is 0 Å². The fourth-order valence-corrected chi connectivity index (χ4v) is 3.64. The number of nitrogens with zero attached hydrogens (tertiary/aromatic N) is 2. The van der Waals surface area contributed by atoms with E-state index in [9.17, 15) is 5.11 Å². The van der Waals surface area contributed by atoms with Crippen molar-refractivity contribution in [3.63, 3.8) is 0 Å². The number of allylic oxidation sites excluding steroid dienone is 3. The van der Waals surface area contributed by atoms with E-state index in [2.05, 4.69) is 19.9 Å². The summed E-state index contributed by atoms with van der Waals surface area (Å²) in [6, 6.07) is 0. The van der Waals surface area contributed by atoms with Crippen molar-refractivity contribution in [1.82, 2.24) is 4.90 Å². The minimum absolute atomic E-state index is 0.0605. The zero-order valence-electron chi connectivity index (χ0n) is 19.0. The number of hydrogen-bond donors (Lipinski definition) is 0. The fourth-order valence-electron chi connectivity index (χ4n) is 3.64. The predicted octanol–water partition coefficient (Wildman–Crippen LogP) is 6.01. The van der Waals surface area contributed by atoms with Gasteiger partial charge in [-0.25, -0.2) is 0 Å². The Hall–Kier alpha value is -1.42. The third-order valence-corrected chi connectivity index (χ3v) is 5.40. The van der Waals surface area contributed by atoms with Crippen molar-refractivity contribution in [3.8, 4) is 0 Å². The molecule has 0 saturated carbocycles. The summed E-state index contributed by atoms with van der Waals surface area (Å²) in [6.07, 6.45) is 13.9. The molecular formula is C24H42N2O2-2. The van der Waals surface area contributed by atoms with Crippen LogP contribution in [0, 0.1) is 0 Å². The average molecular weight is 391 g/mol. The van der Waals surface area contributed by atoms with Gasteiger partial charge < -0.3 is 20.1 Å². The number of hydrogen-bond acceptors (Lipinski definition) is 3. The van der Waals surface area contributed by atoms with Crippen LogP contribution in [-0.4, -0.2) is 31.7 Å². The molecule has 0 amide bonds. The smallest absolute Gasteiger partial charge is 0.0514 e. The van der Waals surface area contributed by atoms with Crippen LogP contribution in [0.25, 0.3) is 5.32 Å². The number of unbranched alkanes of at least 4 members (excludes halogenated alkanes) is 6. The van der Waals surface area contributed by atoms with Crippen LogP contribution in [0.3, 0.4) is 0 Å². The van der Waals surface area contributed by atoms with E-state index in [1.165, 1.54) is 50.5 Å². The highest BCUT2D eigenvalue weighted by Crippen LogP contribution is 2.37. The summed E-state index contributed by atoms with van der Waals surface area (Å²) in [5, 5.41) is 18.0. The fraction of sp³-hybridized carbons (Fsp3) is 0.750.